The maximum absolute atomic E-state index is 6.38. The molecule has 0 radical (unpaired) electrons. The number of halogens is 2. The van der Waals surface area contributed by atoms with Gasteiger partial charge in [-0.1, -0.05) is 89.9 Å². The first-order valence-electron chi connectivity index (χ1n) is 15.5. The molecule has 0 aliphatic heterocycles. The molecule has 0 saturated heterocycles. The Kier molecular flexibility index (Phi) is 6.79. The summed E-state index contributed by atoms with van der Waals surface area (Å²) in [6, 6.07) is 55.9. The van der Waals surface area contributed by atoms with Gasteiger partial charge in [0.2, 0.25) is 0 Å². The number of hydrogen-bond donors (Lipinski definition) is 0. The van der Waals surface area contributed by atoms with Gasteiger partial charge in [-0.25, -0.2) is 0 Å². The Labute approximate surface area is 286 Å². The fourth-order valence-corrected chi connectivity index (χ4v) is 8.37. The predicted molar refractivity (Wildman–Crippen MR) is 204 cm³/mol. The second-order valence-corrected chi connectivity index (χ2v) is 13.7. The summed E-state index contributed by atoms with van der Waals surface area (Å²) in [6.07, 6.45) is 0. The molecule has 0 fully saturated rings. The first kappa shape index (κ1) is 28.2. The summed E-state index contributed by atoms with van der Waals surface area (Å²) >= 11 is 14.6. The SMILES string of the molecule is Clc1cc(Cl)cc(-c2ccc3sc4ccc(N(c5ccccc5)c5ccc6c7ccccc7n(-c7ccccc7)c6c5)cc4c3c2)c1. The Hall–Kier alpha value is -5.06. The van der Waals surface area contributed by atoms with Crippen molar-refractivity contribution in [2.45, 2.75) is 0 Å². The van der Waals surface area contributed by atoms with Crippen LogP contribution < -0.4 is 4.90 Å². The van der Waals surface area contributed by atoms with E-state index in [0.717, 1.165) is 33.9 Å². The lowest BCUT2D eigenvalue weighted by molar-refractivity contribution is 1.18. The van der Waals surface area contributed by atoms with Crippen LogP contribution >= 0.6 is 34.5 Å². The highest BCUT2D eigenvalue weighted by Crippen LogP contribution is 2.43. The van der Waals surface area contributed by atoms with Gasteiger partial charge in [-0.3, -0.25) is 0 Å². The van der Waals surface area contributed by atoms with Crippen molar-refractivity contribution in [1.29, 1.82) is 0 Å². The summed E-state index contributed by atoms with van der Waals surface area (Å²) in [6.45, 7) is 0. The van der Waals surface area contributed by atoms with Crippen molar-refractivity contribution in [1.82, 2.24) is 4.57 Å². The number of benzene rings is 7. The van der Waals surface area contributed by atoms with Gasteiger partial charge in [0, 0.05) is 63.7 Å². The van der Waals surface area contributed by atoms with E-state index in [2.05, 4.69) is 149 Å². The van der Waals surface area contributed by atoms with E-state index in [9.17, 15) is 0 Å². The molecule has 0 aliphatic rings. The molecule has 0 atom stereocenters. The minimum absolute atomic E-state index is 0.631. The molecule has 0 spiro atoms. The molecule has 2 aromatic heterocycles. The molecule has 0 bridgehead atoms. The molecule has 0 saturated carbocycles. The van der Waals surface area contributed by atoms with E-state index in [1.807, 2.05) is 23.5 Å². The highest BCUT2D eigenvalue weighted by molar-refractivity contribution is 7.25. The normalized spacial score (nSPS) is 11.6. The summed E-state index contributed by atoms with van der Waals surface area (Å²) < 4.78 is 4.86. The van der Waals surface area contributed by atoms with E-state index in [0.29, 0.717) is 10.0 Å². The van der Waals surface area contributed by atoms with Crippen molar-refractivity contribution in [3.8, 4) is 16.8 Å². The number of nitrogens with zero attached hydrogens (tertiary/aromatic N) is 2. The van der Waals surface area contributed by atoms with E-state index in [1.165, 1.54) is 42.0 Å². The van der Waals surface area contributed by atoms with E-state index < -0.39 is 0 Å². The number of hydrogen-bond acceptors (Lipinski definition) is 2. The van der Waals surface area contributed by atoms with Crippen molar-refractivity contribution < 1.29 is 0 Å². The fourth-order valence-electron chi connectivity index (χ4n) is 6.78. The monoisotopic (exact) mass is 660 g/mol. The van der Waals surface area contributed by atoms with Crippen molar-refractivity contribution in [2.24, 2.45) is 0 Å². The topological polar surface area (TPSA) is 8.17 Å². The molecule has 7 aromatic carbocycles. The Morgan fingerprint density at radius 1 is 0.426 bits per heavy atom. The quantitative estimate of drug-likeness (QED) is 0.178. The second kappa shape index (κ2) is 11.3. The maximum Gasteiger partial charge on any atom is 0.0561 e. The Bertz CT molecular complexity index is 2580. The number of thiophene rings is 1. The van der Waals surface area contributed by atoms with Crippen molar-refractivity contribution in [2.75, 3.05) is 4.90 Å². The van der Waals surface area contributed by atoms with Crippen molar-refractivity contribution in [3.63, 3.8) is 0 Å². The van der Waals surface area contributed by atoms with Crippen LogP contribution in [0.2, 0.25) is 10.0 Å². The molecule has 0 amide bonds. The van der Waals surface area contributed by atoms with Crippen LogP contribution in [0.25, 0.3) is 58.8 Å². The molecule has 0 unspecified atom stereocenters. The Balaban J connectivity index is 1.25. The predicted octanol–water partition coefficient (Wildman–Crippen LogP) is 13.6. The first-order chi connectivity index (χ1) is 23.1. The van der Waals surface area contributed by atoms with Crippen molar-refractivity contribution in [3.05, 3.63) is 168 Å². The van der Waals surface area contributed by atoms with Crippen LogP contribution in [0.5, 0.6) is 0 Å². The van der Waals surface area contributed by atoms with Gasteiger partial charge in [-0.2, -0.15) is 0 Å². The van der Waals surface area contributed by atoms with E-state index in [1.54, 1.807) is 6.07 Å². The van der Waals surface area contributed by atoms with Gasteiger partial charge in [-0.05, 0) is 102 Å². The molecule has 9 rings (SSSR count). The standard InChI is InChI=1S/C42H26Cl2N2S/c43-29-21-28(22-30(44)24-29)27-15-19-41-37(23-27)38-25-33(17-20-42(38)47-41)45(31-9-3-1-4-10-31)34-16-18-36-35-13-7-8-14-39(35)46(40(36)26-34)32-11-5-2-6-12-32/h1-26H. The third-order valence-corrected chi connectivity index (χ3v) is 10.4. The van der Waals surface area contributed by atoms with Gasteiger partial charge in [-0.15, -0.1) is 11.3 Å². The van der Waals surface area contributed by atoms with Gasteiger partial charge in [0.05, 0.1) is 11.0 Å². The molecule has 2 heterocycles. The summed E-state index contributed by atoms with van der Waals surface area (Å²) in [4.78, 5) is 2.36. The number of aromatic nitrogens is 1. The van der Waals surface area contributed by atoms with Gasteiger partial charge < -0.3 is 9.47 Å². The zero-order valence-corrected chi connectivity index (χ0v) is 27.4. The van der Waals surface area contributed by atoms with E-state index >= 15 is 0 Å². The van der Waals surface area contributed by atoms with E-state index in [4.69, 9.17) is 23.2 Å². The largest absolute Gasteiger partial charge is 0.310 e. The molecule has 9 aromatic rings. The zero-order valence-electron chi connectivity index (χ0n) is 25.1. The van der Waals surface area contributed by atoms with Crippen LogP contribution in [0.1, 0.15) is 0 Å². The number of rotatable bonds is 5. The van der Waals surface area contributed by atoms with Crippen LogP contribution in [0.15, 0.2) is 158 Å². The van der Waals surface area contributed by atoms with Crippen LogP contribution in [0, 0.1) is 0 Å². The highest BCUT2D eigenvalue weighted by atomic mass is 35.5. The molecule has 47 heavy (non-hydrogen) atoms. The van der Waals surface area contributed by atoms with Crippen LogP contribution in [-0.2, 0) is 0 Å². The fraction of sp³-hybridized carbons (Fsp3) is 0. The lowest BCUT2D eigenvalue weighted by atomic mass is 10.0. The number of fused-ring (bicyclic) bond motifs is 6. The minimum atomic E-state index is 0.631. The maximum atomic E-state index is 6.38. The van der Waals surface area contributed by atoms with E-state index in [-0.39, 0.29) is 0 Å². The lowest BCUT2D eigenvalue weighted by Gasteiger charge is -2.26. The minimum Gasteiger partial charge on any atom is -0.310 e. The summed E-state index contributed by atoms with van der Waals surface area (Å²) in [5.74, 6) is 0. The molecular formula is C42H26Cl2N2S. The highest BCUT2D eigenvalue weighted by Gasteiger charge is 2.18. The van der Waals surface area contributed by atoms with Gasteiger partial charge in [0.15, 0.2) is 0 Å². The van der Waals surface area contributed by atoms with Crippen LogP contribution in [0.3, 0.4) is 0 Å². The smallest absolute Gasteiger partial charge is 0.0561 e. The number of anilines is 3. The average Bonchev–Trinajstić information content (AvgIpc) is 3.63. The average molecular weight is 662 g/mol. The molecule has 0 aliphatic carbocycles. The first-order valence-corrected chi connectivity index (χ1v) is 17.0. The number of para-hydroxylation sites is 3. The van der Waals surface area contributed by atoms with Gasteiger partial charge >= 0.3 is 0 Å². The van der Waals surface area contributed by atoms with Gasteiger partial charge in [0.25, 0.3) is 0 Å². The van der Waals surface area contributed by atoms with Crippen LogP contribution in [-0.4, -0.2) is 4.57 Å². The second-order valence-electron chi connectivity index (χ2n) is 11.7. The Morgan fingerprint density at radius 2 is 1.04 bits per heavy atom. The lowest BCUT2D eigenvalue weighted by Crippen LogP contribution is -2.09. The molecule has 5 heteroatoms. The summed E-state index contributed by atoms with van der Waals surface area (Å²) in [5.41, 5.74) is 8.90. The van der Waals surface area contributed by atoms with Crippen molar-refractivity contribution >= 4 is 93.6 Å². The molecule has 224 valence electrons. The Morgan fingerprint density at radius 3 is 1.83 bits per heavy atom. The van der Waals surface area contributed by atoms with Gasteiger partial charge in [0.1, 0.15) is 0 Å². The molecule has 0 N–H and O–H groups in total. The third kappa shape index (κ3) is 4.87. The zero-order chi connectivity index (χ0) is 31.5. The van der Waals surface area contributed by atoms with Crippen LogP contribution in [0.4, 0.5) is 17.1 Å². The third-order valence-electron chi connectivity index (χ3n) is 8.85. The summed E-state index contributed by atoms with van der Waals surface area (Å²) in [7, 11) is 0. The molecular weight excluding hydrogens is 635 g/mol. The summed E-state index contributed by atoms with van der Waals surface area (Å²) in [5, 5.41) is 6.17. The molecule has 2 nitrogen and oxygen atoms in total.